The number of benzene rings is 1. The fraction of sp³-hybridized carbons (Fsp3) is 0.412. The summed E-state index contributed by atoms with van der Waals surface area (Å²) in [5.74, 6) is 0.903. The van der Waals surface area contributed by atoms with Gasteiger partial charge < -0.3 is 5.32 Å². The molecule has 0 spiro atoms. The SMILES string of the molecule is Cc1cc(NCCC(C)N(C)Cc2ccccc2)ncn1. The van der Waals surface area contributed by atoms with E-state index in [-0.39, 0.29) is 0 Å². The van der Waals surface area contributed by atoms with Crippen LogP contribution in [0.4, 0.5) is 5.82 Å². The van der Waals surface area contributed by atoms with Gasteiger partial charge in [0.1, 0.15) is 12.1 Å². The van der Waals surface area contributed by atoms with Crippen LogP contribution in [0.25, 0.3) is 0 Å². The Balaban J connectivity index is 1.75. The molecule has 1 heterocycles. The summed E-state index contributed by atoms with van der Waals surface area (Å²) >= 11 is 0. The average molecular weight is 284 g/mol. The lowest BCUT2D eigenvalue weighted by Crippen LogP contribution is -2.30. The summed E-state index contributed by atoms with van der Waals surface area (Å²) < 4.78 is 0. The largest absolute Gasteiger partial charge is 0.370 e. The van der Waals surface area contributed by atoms with Gasteiger partial charge in [-0.25, -0.2) is 9.97 Å². The first kappa shape index (κ1) is 15.4. The van der Waals surface area contributed by atoms with Crippen LogP contribution in [0.15, 0.2) is 42.7 Å². The van der Waals surface area contributed by atoms with Gasteiger partial charge in [-0.3, -0.25) is 4.90 Å². The summed E-state index contributed by atoms with van der Waals surface area (Å²) in [7, 11) is 2.17. The molecule has 1 atom stereocenters. The van der Waals surface area contributed by atoms with Crippen LogP contribution in [0.3, 0.4) is 0 Å². The molecular formula is C17H24N4. The third-order valence-corrected chi connectivity index (χ3v) is 3.70. The highest BCUT2D eigenvalue weighted by Gasteiger charge is 2.09. The fourth-order valence-corrected chi connectivity index (χ4v) is 2.21. The smallest absolute Gasteiger partial charge is 0.129 e. The van der Waals surface area contributed by atoms with Crippen LogP contribution >= 0.6 is 0 Å². The topological polar surface area (TPSA) is 41.0 Å². The fourth-order valence-electron chi connectivity index (χ4n) is 2.21. The van der Waals surface area contributed by atoms with Crippen molar-refractivity contribution >= 4 is 5.82 Å². The number of hydrogen-bond donors (Lipinski definition) is 1. The van der Waals surface area contributed by atoms with E-state index < -0.39 is 0 Å². The second kappa shape index (κ2) is 7.74. The van der Waals surface area contributed by atoms with E-state index in [4.69, 9.17) is 0 Å². The Labute approximate surface area is 127 Å². The molecule has 21 heavy (non-hydrogen) atoms. The maximum absolute atomic E-state index is 4.21. The van der Waals surface area contributed by atoms with Crippen LogP contribution in [0.1, 0.15) is 24.6 Å². The van der Waals surface area contributed by atoms with Crippen molar-refractivity contribution in [2.24, 2.45) is 0 Å². The Morgan fingerprint density at radius 2 is 1.95 bits per heavy atom. The molecule has 0 bridgehead atoms. The molecule has 4 heteroatoms. The van der Waals surface area contributed by atoms with E-state index in [0.717, 1.165) is 31.0 Å². The first-order chi connectivity index (χ1) is 10.1. The molecule has 112 valence electrons. The standard InChI is InChI=1S/C17H24N4/c1-14-11-17(20-13-19-14)18-10-9-15(2)21(3)12-16-7-5-4-6-8-16/h4-8,11,13,15H,9-10,12H2,1-3H3,(H,18,19,20). The van der Waals surface area contributed by atoms with Gasteiger partial charge in [0.2, 0.25) is 0 Å². The van der Waals surface area contributed by atoms with E-state index >= 15 is 0 Å². The van der Waals surface area contributed by atoms with Crippen molar-refractivity contribution in [2.75, 3.05) is 18.9 Å². The zero-order valence-corrected chi connectivity index (χ0v) is 13.1. The second-order valence-corrected chi connectivity index (χ2v) is 5.51. The summed E-state index contributed by atoms with van der Waals surface area (Å²) in [5, 5.41) is 3.36. The van der Waals surface area contributed by atoms with Crippen LogP contribution in [0, 0.1) is 6.92 Å². The summed E-state index contributed by atoms with van der Waals surface area (Å²) in [5.41, 5.74) is 2.34. The minimum absolute atomic E-state index is 0.514. The molecule has 1 aromatic heterocycles. The Kier molecular flexibility index (Phi) is 5.69. The van der Waals surface area contributed by atoms with Crippen molar-refractivity contribution < 1.29 is 0 Å². The molecule has 0 aliphatic carbocycles. The highest BCUT2D eigenvalue weighted by atomic mass is 15.1. The third-order valence-electron chi connectivity index (χ3n) is 3.70. The van der Waals surface area contributed by atoms with Crippen LogP contribution in [0.5, 0.6) is 0 Å². The van der Waals surface area contributed by atoms with Gasteiger partial charge in [-0.15, -0.1) is 0 Å². The number of rotatable bonds is 7. The van der Waals surface area contributed by atoms with E-state index in [9.17, 15) is 0 Å². The van der Waals surface area contributed by atoms with E-state index in [1.54, 1.807) is 6.33 Å². The molecule has 2 aromatic rings. The number of nitrogens with zero attached hydrogens (tertiary/aromatic N) is 3. The van der Waals surface area contributed by atoms with E-state index in [1.807, 2.05) is 13.0 Å². The third kappa shape index (κ3) is 5.16. The molecule has 1 N–H and O–H groups in total. The van der Waals surface area contributed by atoms with E-state index in [0.29, 0.717) is 6.04 Å². The summed E-state index contributed by atoms with van der Waals surface area (Å²) in [6.45, 7) is 6.13. The van der Waals surface area contributed by atoms with Gasteiger partial charge in [-0.05, 0) is 32.9 Å². The Bertz CT molecular complexity index is 541. The summed E-state index contributed by atoms with van der Waals surface area (Å²) in [6.07, 6.45) is 2.68. The van der Waals surface area contributed by atoms with Crippen molar-refractivity contribution in [2.45, 2.75) is 32.9 Å². The lowest BCUT2D eigenvalue weighted by atomic mass is 10.1. The number of hydrogen-bond acceptors (Lipinski definition) is 4. The maximum atomic E-state index is 4.21. The van der Waals surface area contributed by atoms with Crippen LogP contribution in [-0.4, -0.2) is 34.5 Å². The highest BCUT2D eigenvalue weighted by molar-refractivity contribution is 5.34. The van der Waals surface area contributed by atoms with Gasteiger partial charge >= 0.3 is 0 Å². The molecule has 0 amide bonds. The lowest BCUT2D eigenvalue weighted by Gasteiger charge is -2.25. The van der Waals surface area contributed by atoms with Crippen LogP contribution < -0.4 is 5.32 Å². The average Bonchev–Trinajstić information content (AvgIpc) is 2.48. The summed E-state index contributed by atoms with van der Waals surface area (Å²) in [6, 6.07) is 13.1. The normalized spacial score (nSPS) is 12.4. The first-order valence-electron chi connectivity index (χ1n) is 7.42. The molecule has 1 aromatic carbocycles. The maximum Gasteiger partial charge on any atom is 0.129 e. The van der Waals surface area contributed by atoms with Gasteiger partial charge in [0.05, 0.1) is 0 Å². The highest BCUT2D eigenvalue weighted by Crippen LogP contribution is 2.09. The molecule has 1 unspecified atom stereocenters. The van der Waals surface area contributed by atoms with Gasteiger partial charge in [0.25, 0.3) is 0 Å². The first-order valence-corrected chi connectivity index (χ1v) is 7.42. The Morgan fingerprint density at radius 1 is 1.19 bits per heavy atom. The second-order valence-electron chi connectivity index (χ2n) is 5.51. The number of nitrogens with one attached hydrogen (secondary N) is 1. The predicted molar refractivity (Wildman–Crippen MR) is 87.2 cm³/mol. The Morgan fingerprint density at radius 3 is 2.67 bits per heavy atom. The van der Waals surface area contributed by atoms with Crippen molar-refractivity contribution in [3.63, 3.8) is 0 Å². The molecule has 0 fully saturated rings. The predicted octanol–water partition coefficient (Wildman–Crippen LogP) is 3.11. The lowest BCUT2D eigenvalue weighted by molar-refractivity contribution is 0.242. The Hall–Kier alpha value is -1.94. The number of aromatic nitrogens is 2. The van der Waals surface area contributed by atoms with Crippen molar-refractivity contribution in [1.29, 1.82) is 0 Å². The summed E-state index contributed by atoms with van der Waals surface area (Å²) in [4.78, 5) is 10.7. The molecule has 2 rings (SSSR count). The molecule has 0 radical (unpaired) electrons. The quantitative estimate of drug-likeness (QED) is 0.848. The number of anilines is 1. The van der Waals surface area contributed by atoms with Crippen LogP contribution in [-0.2, 0) is 6.54 Å². The van der Waals surface area contributed by atoms with Gasteiger partial charge in [0.15, 0.2) is 0 Å². The zero-order valence-electron chi connectivity index (χ0n) is 13.1. The number of aryl methyl sites for hydroxylation is 1. The van der Waals surface area contributed by atoms with Gasteiger partial charge in [-0.2, -0.15) is 0 Å². The van der Waals surface area contributed by atoms with E-state index in [1.165, 1.54) is 5.56 Å². The van der Waals surface area contributed by atoms with Gasteiger partial charge in [0, 0.05) is 30.9 Å². The minimum atomic E-state index is 0.514. The van der Waals surface area contributed by atoms with Crippen molar-refractivity contribution in [3.05, 3.63) is 54.0 Å². The van der Waals surface area contributed by atoms with Gasteiger partial charge in [-0.1, -0.05) is 30.3 Å². The molecule has 0 aliphatic heterocycles. The monoisotopic (exact) mass is 284 g/mol. The molecule has 4 nitrogen and oxygen atoms in total. The molecule has 0 aliphatic rings. The van der Waals surface area contributed by atoms with Crippen molar-refractivity contribution in [3.8, 4) is 0 Å². The molecule has 0 saturated carbocycles. The van der Waals surface area contributed by atoms with Crippen LogP contribution in [0.2, 0.25) is 0 Å². The van der Waals surface area contributed by atoms with E-state index in [2.05, 4.69) is 64.5 Å². The molecule has 0 saturated heterocycles. The zero-order chi connectivity index (χ0) is 15.1. The minimum Gasteiger partial charge on any atom is -0.370 e. The molecular weight excluding hydrogens is 260 g/mol. The van der Waals surface area contributed by atoms with Crippen molar-refractivity contribution in [1.82, 2.24) is 14.9 Å².